The van der Waals surface area contributed by atoms with Crippen LogP contribution in [0.1, 0.15) is 5.56 Å². The molecular weight excluding hydrogens is 296 g/mol. The summed E-state index contributed by atoms with van der Waals surface area (Å²) >= 11 is 17.7. The molecule has 1 nitrogen and oxygen atoms in total. The Morgan fingerprint density at radius 1 is 0.889 bits per heavy atom. The van der Waals surface area contributed by atoms with E-state index in [0.717, 1.165) is 5.56 Å². The van der Waals surface area contributed by atoms with Gasteiger partial charge in [0.1, 0.15) is 0 Å². The lowest BCUT2D eigenvalue weighted by atomic mass is 10.2. The number of hydrogen-bond acceptors (Lipinski definition) is 1. The van der Waals surface area contributed by atoms with E-state index in [1.165, 1.54) is 6.07 Å². The Morgan fingerprint density at radius 2 is 1.44 bits per heavy atom. The fourth-order valence-electron chi connectivity index (χ4n) is 1.53. The highest BCUT2D eigenvalue weighted by Crippen LogP contribution is 2.27. The largest absolute Gasteiger partial charge is 0.378 e. The fraction of sp³-hybridized carbons (Fsp3) is 0.0769. The van der Waals surface area contributed by atoms with Crippen LogP contribution in [0.15, 0.2) is 36.4 Å². The average Bonchev–Trinajstić information content (AvgIpc) is 2.33. The predicted octanol–water partition coefficient (Wildman–Crippen LogP) is 5.40. The molecule has 0 heterocycles. The molecule has 0 saturated heterocycles. The van der Waals surface area contributed by atoms with Gasteiger partial charge in [0.05, 0.1) is 10.7 Å². The molecule has 0 unspecified atom stereocenters. The van der Waals surface area contributed by atoms with Crippen LogP contribution in [0.2, 0.25) is 15.1 Å². The van der Waals surface area contributed by atoms with Crippen LogP contribution in [-0.4, -0.2) is 0 Å². The van der Waals surface area contributed by atoms with Gasteiger partial charge in [0.2, 0.25) is 0 Å². The van der Waals surface area contributed by atoms with E-state index in [2.05, 4.69) is 5.32 Å². The number of hydrogen-bond donors (Lipinski definition) is 1. The third kappa shape index (κ3) is 2.89. The van der Waals surface area contributed by atoms with Crippen LogP contribution in [0.3, 0.4) is 0 Å². The molecule has 0 aliphatic rings. The van der Waals surface area contributed by atoms with E-state index < -0.39 is 5.82 Å². The predicted molar refractivity (Wildman–Crippen MR) is 75.2 cm³/mol. The van der Waals surface area contributed by atoms with Gasteiger partial charge >= 0.3 is 0 Å². The van der Waals surface area contributed by atoms with Gasteiger partial charge in [-0.25, -0.2) is 4.39 Å². The Labute approximate surface area is 119 Å². The second kappa shape index (κ2) is 5.79. The fourth-order valence-corrected chi connectivity index (χ4v) is 2.23. The molecule has 2 rings (SSSR count). The number of benzene rings is 2. The zero-order valence-electron chi connectivity index (χ0n) is 9.18. The van der Waals surface area contributed by atoms with Crippen molar-refractivity contribution in [3.8, 4) is 0 Å². The smallest absolute Gasteiger partial charge is 0.164 e. The lowest BCUT2D eigenvalue weighted by Gasteiger charge is -2.11. The molecule has 5 heteroatoms. The maximum Gasteiger partial charge on any atom is 0.164 e. The van der Waals surface area contributed by atoms with Gasteiger partial charge in [0, 0.05) is 22.2 Å². The molecule has 18 heavy (non-hydrogen) atoms. The van der Waals surface area contributed by atoms with Crippen LogP contribution in [0.25, 0.3) is 0 Å². The van der Waals surface area contributed by atoms with Crippen LogP contribution in [0.5, 0.6) is 0 Å². The lowest BCUT2D eigenvalue weighted by molar-refractivity contribution is 0.630. The van der Waals surface area contributed by atoms with Gasteiger partial charge in [0.25, 0.3) is 0 Å². The first-order valence-electron chi connectivity index (χ1n) is 5.20. The van der Waals surface area contributed by atoms with Gasteiger partial charge in [-0.15, -0.1) is 0 Å². The molecule has 0 bridgehead atoms. The van der Waals surface area contributed by atoms with Crippen molar-refractivity contribution in [2.75, 3.05) is 5.32 Å². The van der Waals surface area contributed by atoms with Crippen molar-refractivity contribution in [2.45, 2.75) is 6.54 Å². The second-order valence-electron chi connectivity index (χ2n) is 3.66. The Hall–Kier alpha value is -0.960. The van der Waals surface area contributed by atoms with Gasteiger partial charge in [-0.3, -0.25) is 0 Å². The first kappa shape index (κ1) is 13.5. The summed E-state index contributed by atoms with van der Waals surface area (Å²) in [5, 5.41) is 4.08. The van der Waals surface area contributed by atoms with Crippen LogP contribution >= 0.6 is 34.8 Å². The highest BCUT2D eigenvalue weighted by molar-refractivity contribution is 6.36. The SMILES string of the molecule is Fc1c(Cl)cccc1NCc1c(Cl)cccc1Cl. The van der Waals surface area contributed by atoms with Gasteiger partial charge in [-0.1, -0.05) is 46.9 Å². The number of anilines is 1. The molecule has 0 spiro atoms. The molecular formula is C13H9Cl3FN. The van der Waals surface area contributed by atoms with Crippen molar-refractivity contribution in [1.29, 1.82) is 0 Å². The molecule has 0 aromatic heterocycles. The van der Waals surface area contributed by atoms with Crippen LogP contribution in [0, 0.1) is 5.82 Å². The lowest BCUT2D eigenvalue weighted by Crippen LogP contribution is -2.02. The highest BCUT2D eigenvalue weighted by atomic mass is 35.5. The van der Waals surface area contributed by atoms with E-state index in [0.29, 0.717) is 22.3 Å². The number of rotatable bonds is 3. The molecule has 0 fully saturated rings. The Balaban J connectivity index is 2.19. The van der Waals surface area contributed by atoms with E-state index in [-0.39, 0.29) is 5.02 Å². The van der Waals surface area contributed by atoms with Crippen molar-refractivity contribution in [1.82, 2.24) is 0 Å². The quantitative estimate of drug-likeness (QED) is 0.800. The minimum atomic E-state index is -0.484. The topological polar surface area (TPSA) is 12.0 Å². The van der Waals surface area contributed by atoms with E-state index in [1.54, 1.807) is 30.3 Å². The molecule has 0 atom stereocenters. The Morgan fingerprint density at radius 3 is 2.11 bits per heavy atom. The summed E-state index contributed by atoms with van der Waals surface area (Å²) in [6.45, 7) is 0.329. The summed E-state index contributed by atoms with van der Waals surface area (Å²) in [6, 6.07) is 9.99. The molecule has 0 amide bonds. The molecule has 0 aliphatic heterocycles. The third-order valence-corrected chi connectivity index (χ3v) is 3.47. The van der Waals surface area contributed by atoms with Crippen molar-refractivity contribution >= 4 is 40.5 Å². The summed E-state index contributed by atoms with van der Waals surface area (Å²) in [6.07, 6.45) is 0. The van der Waals surface area contributed by atoms with Gasteiger partial charge in [0.15, 0.2) is 5.82 Å². The molecule has 1 N–H and O–H groups in total. The van der Waals surface area contributed by atoms with E-state index >= 15 is 0 Å². The van der Waals surface area contributed by atoms with Crippen LogP contribution in [-0.2, 0) is 6.54 Å². The van der Waals surface area contributed by atoms with Crippen molar-refractivity contribution in [3.05, 3.63) is 62.8 Å². The van der Waals surface area contributed by atoms with E-state index in [9.17, 15) is 4.39 Å². The summed E-state index contributed by atoms with van der Waals surface area (Å²) in [7, 11) is 0. The second-order valence-corrected chi connectivity index (χ2v) is 4.88. The van der Waals surface area contributed by atoms with E-state index in [1.807, 2.05) is 0 Å². The molecule has 0 saturated carbocycles. The zero-order valence-corrected chi connectivity index (χ0v) is 11.5. The van der Waals surface area contributed by atoms with Crippen LogP contribution < -0.4 is 5.32 Å². The summed E-state index contributed by atoms with van der Waals surface area (Å²) in [4.78, 5) is 0. The van der Waals surface area contributed by atoms with Gasteiger partial charge < -0.3 is 5.32 Å². The van der Waals surface area contributed by atoms with Crippen molar-refractivity contribution in [2.24, 2.45) is 0 Å². The minimum Gasteiger partial charge on any atom is -0.378 e. The third-order valence-electron chi connectivity index (χ3n) is 2.47. The summed E-state index contributed by atoms with van der Waals surface area (Å²) in [5.41, 5.74) is 1.04. The van der Waals surface area contributed by atoms with Crippen molar-refractivity contribution in [3.63, 3.8) is 0 Å². The normalized spacial score (nSPS) is 10.4. The number of nitrogens with one attached hydrogen (secondary N) is 1. The molecule has 2 aromatic rings. The van der Waals surface area contributed by atoms with Gasteiger partial charge in [-0.2, -0.15) is 0 Å². The van der Waals surface area contributed by atoms with Gasteiger partial charge in [-0.05, 0) is 24.3 Å². The maximum atomic E-state index is 13.6. The minimum absolute atomic E-state index is 0.0743. The Kier molecular flexibility index (Phi) is 4.33. The maximum absolute atomic E-state index is 13.6. The zero-order chi connectivity index (χ0) is 13.1. The molecule has 0 aliphatic carbocycles. The highest BCUT2D eigenvalue weighted by Gasteiger charge is 2.08. The number of halogens is 4. The first-order valence-corrected chi connectivity index (χ1v) is 6.33. The molecule has 2 aromatic carbocycles. The monoisotopic (exact) mass is 303 g/mol. The summed E-state index contributed by atoms with van der Waals surface area (Å²) in [5.74, 6) is -0.484. The standard InChI is InChI=1S/C13H9Cl3FN/c14-9-3-1-4-10(15)8(9)7-18-12-6-2-5-11(16)13(12)17/h1-6,18H,7H2. The van der Waals surface area contributed by atoms with Crippen molar-refractivity contribution < 1.29 is 4.39 Å². The Bertz CT molecular complexity index is 552. The molecule has 0 radical (unpaired) electrons. The van der Waals surface area contributed by atoms with Crippen LogP contribution in [0.4, 0.5) is 10.1 Å². The average molecular weight is 305 g/mol. The summed E-state index contributed by atoms with van der Waals surface area (Å²) < 4.78 is 13.6. The first-order chi connectivity index (χ1) is 8.59. The van der Waals surface area contributed by atoms with E-state index in [4.69, 9.17) is 34.8 Å². The molecule has 94 valence electrons.